The maximum Gasteiger partial charge on any atom is 0.322 e. The normalized spacial score (nSPS) is 13.8. The van der Waals surface area contributed by atoms with Crippen LogP contribution in [0, 0.1) is 0 Å². The van der Waals surface area contributed by atoms with Crippen molar-refractivity contribution in [3.8, 4) is 0 Å². The molecule has 70 valence electrons. The van der Waals surface area contributed by atoms with Crippen molar-refractivity contribution in [2.45, 2.75) is 12.5 Å². The van der Waals surface area contributed by atoms with Crippen LogP contribution >= 0.6 is 0 Å². The molecule has 2 N–H and O–H groups in total. The molecule has 0 spiro atoms. The van der Waals surface area contributed by atoms with Crippen LogP contribution in [0.4, 0.5) is 0 Å². The van der Waals surface area contributed by atoms with Crippen molar-refractivity contribution < 1.29 is 18.3 Å². The Morgan fingerprint density at radius 1 is 1.75 bits per heavy atom. The van der Waals surface area contributed by atoms with Gasteiger partial charge in [-0.3, -0.25) is 4.79 Å². The number of aliphatic carboxylic acids is 1. The van der Waals surface area contributed by atoms with Gasteiger partial charge in [0.1, 0.15) is 6.04 Å². The number of carboxylic acid groups (broad SMARTS) is 1. The first-order valence-corrected chi connectivity index (χ1v) is 5.07. The Morgan fingerprint density at radius 3 is 2.50 bits per heavy atom. The van der Waals surface area contributed by atoms with Crippen LogP contribution in [0.25, 0.3) is 0 Å². The van der Waals surface area contributed by atoms with Crippen LogP contribution in [0.3, 0.4) is 0 Å². The van der Waals surface area contributed by atoms with E-state index in [1.807, 2.05) is 4.72 Å². The van der Waals surface area contributed by atoms with Gasteiger partial charge in [0.15, 0.2) is 0 Å². The largest absolute Gasteiger partial charge is 0.480 e. The highest BCUT2D eigenvalue weighted by Gasteiger charge is 2.19. The van der Waals surface area contributed by atoms with E-state index in [0.29, 0.717) is 0 Å². The van der Waals surface area contributed by atoms with Crippen LogP contribution in [-0.4, -0.2) is 31.8 Å². The van der Waals surface area contributed by atoms with Gasteiger partial charge in [0.05, 0.1) is 6.26 Å². The molecule has 0 heterocycles. The van der Waals surface area contributed by atoms with Gasteiger partial charge < -0.3 is 5.11 Å². The summed E-state index contributed by atoms with van der Waals surface area (Å²) in [6.45, 7) is 3.31. The number of carboxylic acids is 1. The van der Waals surface area contributed by atoms with E-state index >= 15 is 0 Å². The van der Waals surface area contributed by atoms with Crippen molar-refractivity contribution in [3.05, 3.63) is 12.7 Å². The number of carbonyl (C=O) groups is 1. The fourth-order valence-electron chi connectivity index (χ4n) is 0.624. The van der Waals surface area contributed by atoms with Crippen LogP contribution < -0.4 is 4.72 Å². The van der Waals surface area contributed by atoms with Crippen LogP contribution in [-0.2, 0) is 14.8 Å². The quantitative estimate of drug-likeness (QED) is 0.580. The summed E-state index contributed by atoms with van der Waals surface area (Å²) >= 11 is 0. The molecule has 0 bridgehead atoms. The van der Waals surface area contributed by atoms with Crippen molar-refractivity contribution in [2.75, 3.05) is 6.26 Å². The number of sulfonamides is 1. The molecule has 1 unspecified atom stereocenters. The zero-order valence-electron chi connectivity index (χ0n) is 6.65. The Hall–Kier alpha value is -0.880. The summed E-state index contributed by atoms with van der Waals surface area (Å²) < 4.78 is 23.2. The Balaban J connectivity index is 4.34. The van der Waals surface area contributed by atoms with Gasteiger partial charge in [-0.1, -0.05) is 6.08 Å². The molecule has 0 aromatic carbocycles. The van der Waals surface area contributed by atoms with Gasteiger partial charge in [-0.2, -0.15) is 0 Å². The zero-order chi connectivity index (χ0) is 9.78. The predicted molar refractivity (Wildman–Crippen MR) is 44.2 cm³/mol. The summed E-state index contributed by atoms with van der Waals surface area (Å²) in [5, 5.41) is 8.49. The molecule has 0 saturated carbocycles. The lowest BCUT2D eigenvalue weighted by atomic mass is 10.2. The lowest BCUT2D eigenvalue weighted by Crippen LogP contribution is -2.39. The van der Waals surface area contributed by atoms with Crippen LogP contribution in [0.2, 0.25) is 0 Å². The zero-order valence-corrected chi connectivity index (χ0v) is 7.47. The van der Waals surface area contributed by atoms with Gasteiger partial charge in [-0.25, -0.2) is 13.1 Å². The lowest BCUT2D eigenvalue weighted by molar-refractivity contribution is -0.138. The molecule has 0 fully saturated rings. The predicted octanol–water partition coefficient (Wildman–Crippen LogP) is -0.435. The Bertz CT molecular complexity index is 269. The minimum absolute atomic E-state index is 0.0718. The molecule has 12 heavy (non-hydrogen) atoms. The van der Waals surface area contributed by atoms with E-state index in [1.54, 1.807) is 0 Å². The summed E-state index contributed by atoms with van der Waals surface area (Å²) in [6.07, 6.45) is 2.32. The van der Waals surface area contributed by atoms with E-state index in [2.05, 4.69) is 6.58 Å². The summed E-state index contributed by atoms with van der Waals surface area (Å²) in [4.78, 5) is 10.4. The van der Waals surface area contributed by atoms with Gasteiger partial charge >= 0.3 is 5.97 Å². The van der Waals surface area contributed by atoms with Gasteiger partial charge in [0, 0.05) is 0 Å². The van der Waals surface area contributed by atoms with Crippen molar-refractivity contribution in [1.29, 1.82) is 0 Å². The third-order valence-electron chi connectivity index (χ3n) is 1.06. The van der Waals surface area contributed by atoms with E-state index in [0.717, 1.165) is 6.26 Å². The van der Waals surface area contributed by atoms with Crippen molar-refractivity contribution in [3.63, 3.8) is 0 Å². The van der Waals surface area contributed by atoms with Crippen LogP contribution in [0.5, 0.6) is 0 Å². The topological polar surface area (TPSA) is 83.5 Å². The number of hydrogen-bond donors (Lipinski definition) is 2. The maximum absolute atomic E-state index is 10.6. The minimum atomic E-state index is -3.47. The Kier molecular flexibility index (Phi) is 3.91. The highest BCUT2D eigenvalue weighted by Crippen LogP contribution is 1.94. The molecule has 0 aliphatic rings. The van der Waals surface area contributed by atoms with E-state index in [1.165, 1.54) is 6.08 Å². The molecule has 0 aromatic heterocycles. The summed E-state index contributed by atoms with van der Waals surface area (Å²) in [5.41, 5.74) is 0. The van der Waals surface area contributed by atoms with E-state index < -0.39 is 22.0 Å². The molecule has 0 aromatic rings. The van der Waals surface area contributed by atoms with Gasteiger partial charge in [0.2, 0.25) is 10.0 Å². The molecule has 0 radical (unpaired) electrons. The van der Waals surface area contributed by atoms with Gasteiger partial charge in [0.25, 0.3) is 0 Å². The molecular formula is C6H11NO4S. The van der Waals surface area contributed by atoms with Gasteiger partial charge in [-0.05, 0) is 6.42 Å². The van der Waals surface area contributed by atoms with Crippen LogP contribution in [0.1, 0.15) is 6.42 Å². The number of nitrogens with one attached hydrogen (secondary N) is 1. The number of rotatable bonds is 5. The molecule has 0 rings (SSSR count). The molecule has 0 aliphatic heterocycles. The average Bonchev–Trinajstić information content (AvgIpc) is 1.83. The van der Waals surface area contributed by atoms with E-state index in [-0.39, 0.29) is 6.42 Å². The van der Waals surface area contributed by atoms with Gasteiger partial charge in [-0.15, -0.1) is 6.58 Å². The Morgan fingerprint density at radius 2 is 2.25 bits per heavy atom. The van der Waals surface area contributed by atoms with Crippen molar-refractivity contribution in [2.24, 2.45) is 0 Å². The SMILES string of the molecule is C=CCC(NS(C)(=O)=O)C(=O)O. The lowest BCUT2D eigenvalue weighted by Gasteiger charge is -2.09. The molecule has 0 amide bonds. The highest BCUT2D eigenvalue weighted by atomic mass is 32.2. The molecular weight excluding hydrogens is 182 g/mol. The monoisotopic (exact) mass is 193 g/mol. The second-order valence-corrected chi connectivity index (χ2v) is 4.09. The first-order chi connectivity index (χ1) is 5.37. The fourth-order valence-corrected chi connectivity index (χ4v) is 1.34. The van der Waals surface area contributed by atoms with Crippen molar-refractivity contribution in [1.82, 2.24) is 4.72 Å². The molecule has 5 nitrogen and oxygen atoms in total. The molecule has 0 aliphatic carbocycles. The summed E-state index contributed by atoms with van der Waals surface area (Å²) in [5.74, 6) is -1.21. The highest BCUT2D eigenvalue weighted by molar-refractivity contribution is 7.88. The Labute approximate surface area is 71.1 Å². The first-order valence-electron chi connectivity index (χ1n) is 3.18. The smallest absolute Gasteiger partial charge is 0.322 e. The van der Waals surface area contributed by atoms with E-state index in [4.69, 9.17) is 5.11 Å². The third-order valence-corrected chi connectivity index (χ3v) is 1.77. The second-order valence-electron chi connectivity index (χ2n) is 2.31. The maximum atomic E-state index is 10.6. The van der Waals surface area contributed by atoms with Crippen molar-refractivity contribution >= 4 is 16.0 Å². The average molecular weight is 193 g/mol. The third kappa shape index (κ3) is 4.86. The molecule has 0 saturated heterocycles. The van der Waals surface area contributed by atoms with E-state index in [9.17, 15) is 13.2 Å². The fraction of sp³-hybridized carbons (Fsp3) is 0.500. The standard InChI is InChI=1S/C6H11NO4S/c1-3-4-5(6(8)9)7-12(2,10)11/h3,5,7H,1,4H2,2H3,(H,8,9). The first kappa shape index (κ1) is 11.1. The summed E-state index contributed by atoms with van der Waals surface area (Å²) in [6, 6.07) is -1.11. The minimum Gasteiger partial charge on any atom is -0.480 e. The second kappa shape index (κ2) is 4.22. The molecule has 6 heteroatoms. The summed E-state index contributed by atoms with van der Waals surface area (Å²) in [7, 11) is -3.47. The molecule has 1 atom stereocenters. The van der Waals surface area contributed by atoms with Crippen LogP contribution in [0.15, 0.2) is 12.7 Å². The number of hydrogen-bond acceptors (Lipinski definition) is 3.